The fourth-order valence-electron chi connectivity index (χ4n) is 1.77. The molecule has 0 aliphatic carbocycles. The van der Waals surface area contributed by atoms with Gasteiger partial charge in [0.05, 0.1) is 18.1 Å². The van der Waals surface area contributed by atoms with Crippen molar-refractivity contribution in [3.05, 3.63) is 48.2 Å². The molecule has 0 spiro atoms. The summed E-state index contributed by atoms with van der Waals surface area (Å²) in [6, 6.07) is 2.56. The van der Waals surface area contributed by atoms with Gasteiger partial charge in [0.1, 0.15) is 23.0 Å². The number of hydrogen-bond acceptors (Lipinski definition) is 3. The summed E-state index contributed by atoms with van der Waals surface area (Å²) >= 11 is 0. The molecule has 3 heterocycles. The molecule has 3 aromatic heterocycles. The van der Waals surface area contributed by atoms with Gasteiger partial charge in [-0.2, -0.15) is 0 Å². The van der Waals surface area contributed by atoms with E-state index < -0.39 is 5.82 Å². The van der Waals surface area contributed by atoms with Gasteiger partial charge in [0.25, 0.3) is 0 Å². The maximum Gasteiger partial charge on any atom is 0.169 e. The molecule has 0 aliphatic rings. The molecule has 0 saturated heterocycles. The van der Waals surface area contributed by atoms with E-state index in [1.54, 1.807) is 11.3 Å². The zero-order valence-electron chi connectivity index (χ0n) is 9.43. The SMILES string of the molecule is Cc1ncc(F)c(-c2cnc3cc(F)ccn23)n1. The average molecular weight is 246 g/mol. The molecular formula is C12H8F2N4. The van der Waals surface area contributed by atoms with Crippen LogP contribution in [0.3, 0.4) is 0 Å². The Balaban J connectivity index is 2.28. The Morgan fingerprint density at radius 2 is 2.00 bits per heavy atom. The first kappa shape index (κ1) is 10.8. The molecule has 18 heavy (non-hydrogen) atoms. The molecule has 3 aromatic rings. The third kappa shape index (κ3) is 1.62. The van der Waals surface area contributed by atoms with Crippen LogP contribution in [0, 0.1) is 18.6 Å². The second-order valence-corrected chi connectivity index (χ2v) is 3.83. The Kier molecular flexibility index (Phi) is 2.29. The Morgan fingerprint density at radius 3 is 2.83 bits per heavy atom. The lowest BCUT2D eigenvalue weighted by Gasteiger charge is -2.03. The highest BCUT2D eigenvalue weighted by molar-refractivity contribution is 5.60. The Hall–Kier alpha value is -2.37. The molecule has 6 heteroatoms. The fraction of sp³-hybridized carbons (Fsp3) is 0.0833. The van der Waals surface area contributed by atoms with Crippen molar-refractivity contribution in [2.75, 3.05) is 0 Å². The van der Waals surface area contributed by atoms with Crippen LogP contribution in [0.25, 0.3) is 17.0 Å². The number of nitrogens with zero attached hydrogens (tertiary/aromatic N) is 4. The summed E-state index contributed by atoms with van der Waals surface area (Å²) in [5, 5.41) is 0. The van der Waals surface area contributed by atoms with Crippen LogP contribution in [-0.2, 0) is 0 Å². The van der Waals surface area contributed by atoms with E-state index in [0.717, 1.165) is 6.20 Å². The molecule has 3 rings (SSSR count). The number of hydrogen-bond donors (Lipinski definition) is 0. The van der Waals surface area contributed by atoms with Crippen LogP contribution in [0.15, 0.2) is 30.7 Å². The standard InChI is InChI=1S/C12H8F2N4/c1-7-15-5-9(14)12(17-7)10-6-16-11-4-8(13)2-3-18(10)11/h2-6H,1H3. The van der Waals surface area contributed by atoms with Crippen molar-refractivity contribution in [1.29, 1.82) is 0 Å². The van der Waals surface area contributed by atoms with Crippen LogP contribution in [0.4, 0.5) is 8.78 Å². The monoisotopic (exact) mass is 246 g/mol. The molecule has 4 nitrogen and oxygen atoms in total. The molecule has 0 atom stereocenters. The summed E-state index contributed by atoms with van der Waals surface area (Å²) in [7, 11) is 0. The lowest BCUT2D eigenvalue weighted by atomic mass is 10.3. The normalized spacial score (nSPS) is 11.1. The van der Waals surface area contributed by atoms with E-state index in [-0.39, 0.29) is 11.5 Å². The molecule has 0 radical (unpaired) electrons. The van der Waals surface area contributed by atoms with Gasteiger partial charge in [-0.15, -0.1) is 0 Å². The highest BCUT2D eigenvalue weighted by atomic mass is 19.1. The molecule has 90 valence electrons. The highest BCUT2D eigenvalue weighted by Crippen LogP contribution is 2.21. The van der Waals surface area contributed by atoms with E-state index in [9.17, 15) is 8.78 Å². The maximum atomic E-state index is 13.7. The van der Waals surface area contributed by atoms with E-state index in [4.69, 9.17) is 0 Å². The predicted molar refractivity (Wildman–Crippen MR) is 60.9 cm³/mol. The van der Waals surface area contributed by atoms with Gasteiger partial charge in [-0.1, -0.05) is 0 Å². The van der Waals surface area contributed by atoms with Crippen LogP contribution < -0.4 is 0 Å². The van der Waals surface area contributed by atoms with Crippen molar-refractivity contribution in [3.63, 3.8) is 0 Å². The topological polar surface area (TPSA) is 43.1 Å². The Bertz CT molecular complexity index is 736. The number of pyridine rings is 1. The van der Waals surface area contributed by atoms with Crippen LogP contribution in [0.1, 0.15) is 5.82 Å². The first-order chi connectivity index (χ1) is 8.65. The van der Waals surface area contributed by atoms with Crippen molar-refractivity contribution < 1.29 is 8.78 Å². The lowest BCUT2D eigenvalue weighted by molar-refractivity contribution is 0.614. The summed E-state index contributed by atoms with van der Waals surface area (Å²) in [5.41, 5.74) is 1.02. The van der Waals surface area contributed by atoms with Gasteiger partial charge < -0.3 is 0 Å². The van der Waals surface area contributed by atoms with Crippen molar-refractivity contribution >= 4 is 5.65 Å². The number of aromatic nitrogens is 4. The van der Waals surface area contributed by atoms with E-state index in [2.05, 4.69) is 15.0 Å². The molecule has 0 bridgehead atoms. The van der Waals surface area contributed by atoms with Crippen LogP contribution in [0.2, 0.25) is 0 Å². The van der Waals surface area contributed by atoms with Gasteiger partial charge in [0.15, 0.2) is 5.82 Å². The maximum absolute atomic E-state index is 13.7. The summed E-state index contributed by atoms with van der Waals surface area (Å²) in [4.78, 5) is 11.8. The van der Waals surface area contributed by atoms with Crippen molar-refractivity contribution in [2.45, 2.75) is 6.92 Å². The molecule has 0 amide bonds. The van der Waals surface area contributed by atoms with Gasteiger partial charge >= 0.3 is 0 Å². The molecular weight excluding hydrogens is 238 g/mol. The largest absolute Gasteiger partial charge is 0.298 e. The summed E-state index contributed by atoms with van der Waals surface area (Å²) < 4.78 is 28.3. The van der Waals surface area contributed by atoms with Gasteiger partial charge in [-0.3, -0.25) is 4.40 Å². The summed E-state index contributed by atoms with van der Waals surface area (Å²) in [5.74, 6) is -0.464. The molecule has 0 aromatic carbocycles. The van der Waals surface area contributed by atoms with E-state index in [0.29, 0.717) is 17.2 Å². The smallest absolute Gasteiger partial charge is 0.169 e. The van der Waals surface area contributed by atoms with Crippen LogP contribution in [-0.4, -0.2) is 19.4 Å². The Labute approximate surface area is 101 Å². The molecule has 0 aliphatic heterocycles. The van der Waals surface area contributed by atoms with Crippen molar-refractivity contribution in [1.82, 2.24) is 19.4 Å². The molecule has 0 fully saturated rings. The van der Waals surface area contributed by atoms with Gasteiger partial charge in [0, 0.05) is 12.3 Å². The first-order valence-corrected chi connectivity index (χ1v) is 5.27. The fourth-order valence-corrected chi connectivity index (χ4v) is 1.77. The minimum Gasteiger partial charge on any atom is -0.298 e. The van der Waals surface area contributed by atoms with Gasteiger partial charge in [0.2, 0.25) is 0 Å². The van der Waals surface area contributed by atoms with Gasteiger partial charge in [-0.05, 0) is 13.0 Å². The van der Waals surface area contributed by atoms with E-state index in [1.807, 2.05) is 0 Å². The minimum absolute atomic E-state index is 0.154. The highest BCUT2D eigenvalue weighted by Gasteiger charge is 2.13. The third-order valence-corrected chi connectivity index (χ3v) is 2.58. The zero-order valence-corrected chi connectivity index (χ0v) is 9.43. The van der Waals surface area contributed by atoms with Gasteiger partial charge in [-0.25, -0.2) is 23.7 Å². The second-order valence-electron chi connectivity index (χ2n) is 3.83. The van der Waals surface area contributed by atoms with Crippen molar-refractivity contribution in [2.24, 2.45) is 0 Å². The molecule has 0 saturated carbocycles. The Morgan fingerprint density at radius 1 is 1.17 bits per heavy atom. The minimum atomic E-state index is -0.535. The summed E-state index contributed by atoms with van der Waals surface area (Å²) in [6.07, 6.45) is 4.06. The number of rotatable bonds is 1. The zero-order chi connectivity index (χ0) is 12.7. The number of fused-ring (bicyclic) bond motifs is 1. The first-order valence-electron chi connectivity index (χ1n) is 5.27. The number of imidazole rings is 1. The lowest BCUT2D eigenvalue weighted by Crippen LogP contribution is -1.98. The quantitative estimate of drug-likeness (QED) is 0.662. The van der Waals surface area contributed by atoms with Crippen LogP contribution >= 0.6 is 0 Å². The van der Waals surface area contributed by atoms with Crippen LogP contribution in [0.5, 0.6) is 0 Å². The molecule has 0 unspecified atom stereocenters. The van der Waals surface area contributed by atoms with Crippen molar-refractivity contribution in [3.8, 4) is 11.4 Å². The number of aryl methyl sites for hydroxylation is 1. The van der Waals surface area contributed by atoms with E-state index >= 15 is 0 Å². The summed E-state index contributed by atoms with van der Waals surface area (Å²) in [6.45, 7) is 1.67. The molecule has 0 N–H and O–H groups in total. The predicted octanol–water partition coefficient (Wildman–Crippen LogP) is 2.38. The second kappa shape index (κ2) is 3.83. The third-order valence-electron chi connectivity index (χ3n) is 2.58. The van der Waals surface area contributed by atoms with E-state index in [1.165, 1.54) is 24.5 Å². The average Bonchev–Trinajstić information content (AvgIpc) is 2.75. The number of halogens is 2.